The summed E-state index contributed by atoms with van der Waals surface area (Å²) >= 11 is 1.81. The second-order valence-electron chi connectivity index (χ2n) is 3.86. The summed E-state index contributed by atoms with van der Waals surface area (Å²) < 4.78 is 5.33. The zero-order valence-corrected chi connectivity index (χ0v) is 9.87. The number of carboxylic acids is 1. The van der Waals surface area contributed by atoms with Crippen molar-refractivity contribution in [1.82, 2.24) is 0 Å². The molecule has 0 spiro atoms. The first-order chi connectivity index (χ1) is 7.68. The Morgan fingerprint density at radius 2 is 2.38 bits per heavy atom. The van der Waals surface area contributed by atoms with Gasteiger partial charge in [0.05, 0.1) is 6.61 Å². The van der Waals surface area contributed by atoms with E-state index in [1.54, 1.807) is 6.92 Å². The molecule has 0 amide bonds. The number of fused-ring (bicyclic) bond motifs is 1. The quantitative estimate of drug-likeness (QED) is 0.874. The molecule has 1 aromatic carbocycles. The van der Waals surface area contributed by atoms with Crippen molar-refractivity contribution >= 4 is 17.7 Å². The third-order valence-corrected chi connectivity index (χ3v) is 3.95. The third-order valence-electron chi connectivity index (χ3n) is 2.69. The zero-order chi connectivity index (χ0) is 11.5. The highest BCUT2D eigenvalue weighted by atomic mass is 32.2. The summed E-state index contributed by atoms with van der Waals surface area (Å²) in [5, 5.41) is 8.72. The average molecular weight is 238 g/mol. The van der Waals surface area contributed by atoms with Gasteiger partial charge >= 0.3 is 5.97 Å². The number of hydrogen-bond donors (Lipinski definition) is 1. The highest BCUT2D eigenvalue weighted by Gasteiger charge is 2.24. The highest BCUT2D eigenvalue weighted by molar-refractivity contribution is 7.99. The van der Waals surface area contributed by atoms with Crippen LogP contribution in [0.15, 0.2) is 29.2 Å². The van der Waals surface area contributed by atoms with E-state index in [1.165, 1.54) is 10.5 Å². The maximum absolute atomic E-state index is 10.6. The Kier molecular flexibility index (Phi) is 3.51. The number of thioether (sulfide) groups is 1. The largest absolute Gasteiger partial charge is 0.479 e. The lowest BCUT2D eigenvalue weighted by Gasteiger charge is -2.13. The monoisotopic (exact) mass is 238 g/mol. The number of hydrogen-bond acceptors (Lipinski definition) is 3. The van der Waals surface area contributed by atoms with Gasteiger partial charge in [0.25, 0.3) is 0 Å². The van der Waals surface area contributed by atoms with Crippen LogP contribution in [0.1, 0.15) is 18.4 Å². The molecule has 1 N–H and O–H groups in total. The Morgan fingerprint density at radius 1 is 1.62 bits per heavy atom. The fourth-order valence-corrected chi connectivity index (χ4v) is 2.93. The van der Waals surface area contributed by atoms with Gasteiger partial charge in [-0.25, -0.2) is 4.79 Å². The van der Waals surface area contributed by atoms with Crippen LogP contribution in [0.25, 0.3) is 0 Å². The normalized spacial score (nSPS) is 20.4. The van der Waals surface area contributed by atoms with Gasteiger partial charge in [-0.1, -0.05) is 18.2 Å². The van der Waals surface area contributed by atoms with Crippen LogP contribution < -0.4 is 0 Å². The van der Waals surface area contributed by atoms with Gasteiger partial charge in [0.2, 0.25) is 0 Å². The van der Waals surface area contributed by atoms with Gasteiger partial charge in [-0.3, -0.25) is 0 Å². The topological polar surface area (TPSA) is 46.5 Å². The van der Waals surface area contributed by atoms with E-state index in [0.29, 0.717) is 12.5 Å². The van der Waals surface area contributed by atoms with Gasteiger partial charge < -0.3 is 9.84 Å². The molecular formula is C12H14O3S. The Bertz CT molecular complexity index is 392. The molecule has 1 aliphatic heterocycles. The lowest BCUT2D eigenvalue weighted by atomic mass is 10.0. The molecular weight excluding hydrogens is 224 g/mol. The van der Waals surface area contributed by atoms with E-state index in [2.05, 4.69) is 12.1 Å². The van der Waals surface area contributed by atoms with Crippen LogP contribution in [0.4, 0.5) is 0 Å². The number of aliphatic carboxylic acids is 1. The standard InChI is InChI=1S/C12H14O3S/c1-8(12(13)14)15-6-9-7-16-11-5-3-2-4-10(9)11/h2-5,8-9H,6-7H2,1H3,(H,13,14). The Morgan fingerprint density at radius 3 is 3.12 bits per heavy atom. The van der Waals surface area contributed by atoms with Gasteiger partial charge in [0.1, 0.15) is 0 Å². The minimum absolute atomic E-state index is 0.322. The van der Waals surface area contributed by atoms with Gasteiger partial charge in [-0.05, 0) is 18.6 Å². The SMILES string of the molecule is CC(OCC1CSc2ccccc21)C(=O)O. The van der Waals surface area contributed by atoms with Crippen molar-refractivity contribution in [3.63, 3.8) is 0 Å². The van der Waals surface area contributed by atoms with Gasteiger partial charge in [-0.2, -0.15) is 0 Å². The zero-order valence-electron chi connectivity index (χ0n) is 9.05. The van der Waals surface area contributed by atoms with Crippen LogP contribution >= 0.6 is 11.8 Å². The lowest BCUT2D eigenvalue weighted by Crippen LogP contribution is -2.22. The maximum Gasteiger partial charge on any atom is 0.332 e. The molecule has 4 heteroatoms. The molecule has 0 bridgehead atoms. The first-order valence-electron chi connectivity index (χ1n) is 5.24. The van der Waals surface area contributed by atoms with Crippen LogP contribution in [0.3, 0.4) is 0 Å². The number of benzene rings is 1. The second kappa shape index (κ2) is 4.89. The smallest absolute Gasteiger partial charge is 0.332 e. The third kappa shape index (κ3) is 2.39. The van der Waals surface area contributed by atoms with Crippen LogP contribution in [0, 0.1) is 0 Å². The molecule has 2 unspecified atom stereocenters. The Balaban J connectivity index is 1.96. The summed E-state index contributed by atoms with van der Waals surface area (Å²) in [6, 6.07) is 8.22. The summed E-state index contributed by atoms with van der Waals surface area (Å²) in [5.41, 5.74) is 1.28. The minimum atomic E-state index is -0.904. The summed E-state index contributed by atoms with van der Waals surface area (Å²) in [6.07, 6.45) is -0.724. The van der Waals surface area contributed by atoms with E-state index in [9.17, 15) is 4.79 Å². The number of ether oxygens (including phenoxy) is 1. The molecule has 86 valence electrons. The van der Waals surface area contributed by atoms with Crippen molar-refractivity contribution in [1.29, 1.82) is 0 Å². The van der Waals surface area contributed by atoms with Crippen molar-refractivity contribution in [3.8, 4) is 0 Å². The first-order valence-corrected chi connectivity index (χ1v) is 6.23. The molecule has 0 fully saturated rings. The van der Waals surface area contributed by atoms with E-state index >= 15 is 0 Å². The molecule has 0 radical (unpaired) electrons. The van der Waals surface area contributed by atoms with Gasteiger partial charge in [0.15, 0.2) is 6.10 Å². The summed E-state index contributed by atoms with van der Waals surface area (Å²) in [4.78, 5) is 11.9. The fourth-order valence-electron chi connectivity index (χ4n) is 1.70. The molecule has 2 rings (SSSR count). The molecule has 1 aromatic rings. The molecule has 16 heavy (non-hydrogen) atoms. The van der Waals surface area contributed by atoms with Crippen LogP contribution in [0.2, 0.25) is 0 Å². The van der Waals surface area contributed by atoms with Crippen LogP contribution in [-0.2, 0) is 9.53 Å². The molecule has 0 aliphatic carbocycles. The van der Waals surface area contributed by atoms with Crippen molar-refractivity contribution in [2.24, 2.45) is 0 Å². The van der Waals surface area contributed by atoms with Gasteiger partial charge in [-0.15, -0.1) is 11.8 Å². The Hall–Kier alpha value is -1.00. The average Bonchev–Trinajstić information content (AvgIpc) is 2.69. The first kappa shape index (κ1) is 11.5. The van der Waals surface area contributed by atoms with Crippen LogP contribution in [-0.4, -0.2) is 29.5 Å². The van der Waals surface area contributed by atoms with E-state index in [0.717, 1.165) is 5.75 Å². The van der Waals surface area contributed by atoms with Crippen molar-refractivity contribution in [2.75, 3.05) is 12.4 Å². The maximum atomic E-state index is 10.6. The molecule has 3 nitrogen and oxygen atoms in total. The molecule has 0 saturated carbocycles. The molecule has 1 heterocycles. The number of rotatable bonds is 4. The highest BCUT2D eigenvalue weighted by Crippen LogP contribution is 2.39. The van der Waals surface area contributed by atoms with E-state index in [4.69, 9.17) is 9.84 Å². The van der Waals surface area contributed by atoms with E-state index in [1.807, 2.05) is 23.9 Å². The lowest BCUT2D eigenvalue weighted by molar-refractivity contribution is -0.149. The predicted molar refractivity (Wildman–Crippen MR) is 63.0 cm³/mol. The summed E-state index contributed by atoms with van der Waals surface area (Å²) in [7, 11) is 0. The number of carboxylic acid groups (broad SMARTS) is 1. The minimum Gasteiger partial charge on any atom is -0.479 e. The molecule has 1 aliphatic rings. The van der Waals surface area contributed by atoms with Gasteiger partial charge in [0, 0.05) is 16.6 Å². The molecule has 2 atom stereocenters. The number of carbonyl (C=O) groups is 1. The molecule has 0 saturated heterocycles. The van der Waals surface area contributed by atoms with Crippen molar-refractivity contribution in [2.45, 2.75) is 23.8 Å². The van der Waals surface area contributed by atoms with Crippen molar-refractivity contribution < 1.29 is 14.6 Å². The Labute approximate surface area is 98.8 Å². The fraction of sp³-hybridized carbons (Fsp3) is 0.417. The van der Waals surface area contributed by atoms with E-state index < -0.39 is 12.1 Å². The van der Waals surface area contributed by atoms with Crippen molar-refractivity contribution in [3.05, 3.63) is 29.8 Å². The van der Waals surface area contributed by atoms with Crippen LogP contribution in [0.5, 0.6) is 0 Å². The van der Waals surface area contributed by atoms with E-state index in [-0.39, 0.29) is 0 Å². The summed E-state index contributed by atoms with van der Waals surface area (Å²) in [6.45, 7) is 2.05. The molecule has 0 aromatic heterocycles. The predicted octanol–water partition coefficient (Wildman–Crippen LogP) is 2.37. The summed E-state index contributed by atoms with van der Waals surface area (Å²) in [5.74, 6) is 0.396. The second-order valence-corrected chi connectivity index (χ2v) is 4.92.